The molecule has 1 saturated carbocycles. The molecule has 5 rings (SSSR count). The van der Waals surface area contributed by atoms with E-state index in [1.165, 1.54) is 11.6 Å². The summed E-state index contributed by atoms with van der Waals surface area (Å²) in [4.78, 5) is 13.8. The van der Waals surface area contributed by atoms with Crippen molar-refractivity contribution < 1.29 is 14.2 Å². The third kappa shape index (κ3) is 5.35. The molecule has 2 aliphatic rings. The van der Waals surface area contributed by atoms with E-state index in [2.05, 4.69) is 17.0 Å². The Balaban J connectivity index is 0.00000141. The van der Waals surface area contributed by atoms with Crippen LogP contribution in [0.5, 0.6) is 5.75 Å². The van der Waals surface area contributed by atoms with Gasteiger partial charge in [-0.25, -0.2) is 14.4 Å². The fourth-order valence-corrected chi connectivity index (χ4v) is 4.87. The monoisotopic (exact) mass is 480 g/mol. The predicted octanol–water partition coefficient (Wildman–Crippen LogP) is 5.49. The molecule has 7 heteroatoms. The number of hydrogen-bond acceptors (Lipinski definition) is 6. The van der Waals surface area contributed by atoms with Crippen LogP contribution in [0.25, 0.3) is 10.9 Å². The number of likely N-dealkylation sites (N-methyl/N-ethyl adjacent to an activating group) is 1. The van der Waals surface area contributed by atoms with Gasteiger partial charge in [0.15, 0.2) is 0 Å². The number of aliphatic hydroxyl groups excluding tert-OH is 1. The van der Waals surface area contributed by atoms with E-state index in [0.717, 1.165) is 61.6 Å². The lowest BCUT2D eigenvalue weighted by molar-refractivity contribution is 0.304. The van der Waals surface area contributed by atoms with Gasteiger partial charge in [-0.05, 0) is 49.3 Å². The molecule has 35 heavy (non-hydrogen) atoms. The molecule has 1 aromatic heterocycles. The molecule has 2 heterocycles. The Bertz CT molecular complexity index is 1140. The van der Waals surface area contributed by atoms with E-state index in [4.69, 9.17) is 14.7 Å². The minimum atomic E-state index is -0.320. The highest BCUT2D eigenvalue weighted by Gasteiger charge is 2.30. The Morgan fingerprint density at radius 2 is 1.77 bits per heavy atom. The van der Waals surface area contributed by atoms with Crippen LogP contribution in [0, 0.1) is 5.82 Å². The van der Waals surface area contributed by atoms with Crippen molar-refractivity contribution in [1.29, 1.82) is 0 Å². The maximum absolute atomic E-state index is 14.9. The number of piperidine rings is 1. The van der Waals surface area contributed by atoms with Gasteiger partial charge in [-0.2, -0.15) is 0 Å². The molecule has 1 aliphatic carbocycles. The number of para-hydroxylation sites is 1. The van der Waals surface area contributed by atoms with Crippen LogP contribution in [0.2, 0.25) is 0 Å². The van der Waals surface area contributed by atoms with Gasteiger partial charge in [0.05, 0.1) is 24.9 Å². The van der Waals surface area contributed by atoms with E-state index in [9.17, 15) is 9.50 Å². The van der Waals surface area contributed by atoms with Crippen molar-refractivity contribution in [2.24, 2.45) is 0 Å². The van der Waals surface area contributed by atoms with Crippen molar-refractivity contribution in [3.63, 3.8) is 0 Å². The Morgan fingerprint density at radius 1 is 1.06 bits per heavy atom. The minimum Gasteiger partial charge on any atom is -0.496 e. The van der Waals surface area contributed by atoms with Gasteiger partial charge in [0.2, 0.25) is 0 Å². The molecule has 2 aromatic carbocycles. The van der Waals surface area contributed by atoms with Gasteiger partial charge in [0, 0.05) is 44.1 Å². The van der Waals surface area contributed by atoms with Crippen LogP contribution in [0.15, 0.2) is 36.4 Å². The average Bonchev–Trinajstić information content (AvgIpc) is 3.75. The molecule has 0 amide bonds. The number of aliphatic hydroxyl groups is 1. The average molecular weight is 481 g/mol. The Kier molecular flexibility index (Phi) is 8.06. The Labute approximate surface area is 207 Å². The predicted molar refractivity (Wildman–Crippen MR) is 140 cm³/mol. The highest BCUT2D eigenvalue weighted by molar-refractivity contribution is 5.92. The Hall–Kier alpha value is -2.93. The van der Waals surface area contributed by atoms with Crippen molar-refractivity contribution >= 4 is 22.4 Å². The van der Waals surface area contributed by atoms with E-state index >= 15 is 0 Å². The van der Waals surface area contributed by atoms with E-state index in [-0.39, 0.29) is 12.4 Å². The first kappa shape index (κ1) is 25.2. The van der Waals surface area contributed by atoms with Crippen LogP contribution in [0.1, 0.15) is 62.8 Å². The highest BCUT2D eigenvalue weighted by atomic mass is 19.1. The molecule has 1 saturated heterocycles. The van der Waals surface area contributed by atoms with E-state index in [1.54, 1.807) is 19.1 Å². The number of aromatic nitrogens is 2. The number of nitrogens with zero attached hydrogens (tertiary/aromatic N) is 4. The number of fused-ring (bicyclic) bond motifs is 1. The van der Waals surface area contributed by atoms with E-state index in [0.29, 0.717) is 29.6 Å². The van der Waals surface area contributed by atoms with Crippen LogP contribution in [-0.4, -0.2) is 55.5 Å². The van der Waals surface area contributed by atoms with Gasteiger partial charge in [-0.1, -0.05) is 32.0 Å². The first-order valence-corrected chi connectivity index (χ1v) is 12.8. The van der Waals surface area contributed by atoms with Crippen molar-refractivity contribution in [2.75, 3.05) is 50.2 Å². The first-order chi connectivity index (χ1) is 17.1. The lowest BCUT2D eigenvalue weighted by Crippen LogP contribution is -2.34. The highest BCUT2D eigenvalue weighted by Crippen LogP contribution is 2.42. The molecular weight excluding hydrogens is 443 g/mol. The number of hydrogen-bond donors (Lipinski definition) is 1. The molecule has 3 aromatic rings. The molecule has 188 valence electrons. The zero-order valence-electron chi connectivity index (χ0n) is 21.3. The summed E-state index contributed by atoms with van der Waals surface area (Å²) < 4.78 is 20.5. The van der Waals surface area contributed by atoms with Gasteiger partial charge in [0.25, 0.3) is 0 Å². The molecule has 6 nitrogen and oxygen atoms in total. The molecule has 0 bridgehead atoms. The standard InChI is InChI=1S/C26H31FN4O2.C2H6/c1-30(13-14-32)23-15-20-22(16-21(23)27)28-25(18-7-8-18)29-26(20)31-11-9-17(10-12-31)19-5-3-4-6-24(19)33-2;1-2/h3-6,15-18,32H,7-14H2,1-2H3;1-2H3. The summed E-state index contributed by atoms with van der Waals surface area (Å²) in [6.07, 6.45) is 4.20. The van der Waals surface area contributed by atoms with Crippen LogP contribution < -0.4 is 14.5 Å². The van der Waals surface area contributed by atoms with E-state index < -0.39 is 0 Å². The second-order valence-electron chi connectivity index (χ2n) is 9.15. The topological polar surface area (TPSA) is 61.7 Å². The summed E-state index contributed by atoms with van der Waals surface area (Å²) >= 11 is 0. The minimum absolute atomic E-state index is 0.0333. The second kappa shape index (κ2) is 11.2. The molecule has 0 radical (unpaired) electrons. The Morgan fingerprint density at radius 3 is 2.43 bits per heavy atom. The van der Waals surface area contributed by atoms with Gasteiger partial charge >= 0.3 is 0 Å². The number of anilines is 2. The fraction of sp³-hybridized carbons (Fsp3) is 0.500. The van der Waals surface area contributed by atoms with Crippen LogP contribution >= 0.6 is 0 Å². The summed E-state index contributed by atoms with van der Waals surface area (Å²) in [7, 11) is 3.52. The molecule has 1 aliphatic heterocycles. The van der Waals surface area contributed by atoms with Gasteiger partial charge in [-0.3, -0.25) is 0 Å². The third-order valence-electron chi connectivity index (χ3n) is 6.92. The maximum Gasteiger partial charge on any atom is 0.148 e. The van der Waals surface area contributed by atoms with E-state index in [1.807, 2.05) is 32.0 Å². The van der Waals surface area contributed by atoms with Gasteiger partial charge in [-0.15, -0.1) is 0 Å². The summed E-state index contributed by atoms with van der Waals surface area (Å²) in [5.41, 5.74) is 2.39. The van der Waals surface area contributed by atoms with Gasteiger partial charge in [0.1, 0.15) is 23.2 Å². The van der Waals surface area contributed by atoms with Crippen LogP contribution in [-0.2, 0) is 0 Å². The zero-order valence-corrected chi connectivity index (χ0v) is 21.3. The van der Waals surface area contributed by atoms with Crippen LogP contribution in [0.4, 0.5) is 15.9 Å². The number of ether oxygens (including phenoxy) is 1. The SMILES string of the molecule is CC.COc1ccccc1C1CCN(c2nc(C3CC3)nc3cc(F)c(N(C)CCO)cc23)CC1. The summed E-state index contributed by atoms with van der Waals surface area (Å²) in [6, 6.07) is 11.6. The van der Waals surface area contributed by atoms with Gasteiger partial charge < -0.3 is 19.6 Å². The van der Waals surface area contributed by atoms with Crippen molar-refractivity contribution in [1.82, 2.24) is 9.97 Å². The molecule has 2 fully saturated rings. The molecule has 0 spiro atoms. The molecule has 0 atom stereocenters. The normalized spacial score (nSPS) is 16.1. The largest absolute Gasteiger partial charge is 0.496 e. The number of rotatable bonds is 7. The molecular formula is C28H37FN4O2. The number of benzene rings is 2. The summed E-state index contributed by atoms with van der Waals surface area (Å²) in [6.45, 7) is 6.08. The number of halogens is 1. The van der Waals surface area contributed by atoms with Crippen molar-refractivity contribution in [3.05, 3.63) is 53.6 Å². The second-order valence-corrected chi connectivity index (χ2v) is 9.15. The lowest BCUT2D eigenvalue weighted by atomic mass is 9.88. The third-order valence-corrected chi connectivity index (χ3v) is 6.92. The van der Waals surface area contributed by atoms with Crippen LogP contribution in [0.3, 0.4) is 0 Å². The van der Waals surface area contributed by atoms with Crippen molar-refractivity contribution in [2.45, 2.75) is 51.4 Å². The smallest absolute Gasteiger partial charge is 0.148 e. The first-order valence-electron chi connectivity index (χ1n) is 12.8. The van der Waals surface area contributed by atoms with Crippen molar-refractivity contribution in [3.8, 4) is 5.75 Å². The summed E-state index contributed by atoms with van der Waals surface area (Å²) in [5, 5.41) is 10.2. The number of methoxy groups -OCH3 is 1. The lowest BCUT2D eigenvalue weighted by Gasteiger charge is -2.34. The molecule has 0 unspecified atom stereocenters. The summed E-state index contributed by atoms with van der Waals surface area (Å²) in [5.74, 6) is 3.20. The fourth-order valence-electron chi connectivity index (χ4n) is 4.87. The maximum atomic E-state index is 14.9. The molecule has 1 N–H and O–H groups in total. The zero-order chi connectivity index (χ0) is 24.9. The quantitative estimate of drug-likeness (QED) is 0.482.